The zero-order valence-corrected chi connectivity index (χ0v) is 13.5. The van der Waals surface area contributed by atoms with E-state index >= 15 is 0 Å². The minimum Gasteiger partial charge on any atom is -0.409 e. The van der Waals surface area contributed by atoms with Crippen LogP contribution in [0.5, 0.6) is 0 Å². The first-order valence-electron chi connectivity index (χ1n) is 5.87. The summed E-state index contributed by atoms with van der Waals surface area (Å²) in [4.78, 5) is 6.23. The molecule has 0 bridgehead atoms. The molecule has 20 heavy (non-hydrogen) atoms. The van der Waals surface area contributed by atoms with E-state index in [0.29, 0.717) is 0 Å². The second-order valence-electron chi connectivity index (χ2n) is 3.76. The Morgan fingerprint density at radius 2 is 2.20 bits per heavy atom. The minimum absolute atomic E-state index is 0.116. The SMILES string of the molecule is CCSc1cccc(Sc2nc(C)ns2)c1/C(N)=N/O. The fourth-order valence-electron chi connectivity index (χ4n) is 1.59. The van der Waals surface area contributed by atoms with Crippen LogP contribution in [0.25, 0.3) is 0 Å². The van der Waals surface area contributed by atoms with Gasteiger partial charge in [0.2, 0.25) is 0 Å². The summed E-state index contributed by atoms with van der Waals surface area (Å²) in [6, 6.07) is 5.87. The zero-order chi connectivity index (χ0) is 14.5. The number of benzene rings is 1. The average Bonchev–Trinajstić information content (AvgIpc) is 2.84. The predicted octanol–water partition coefficient (Wildman–Crippen LogP) is 3.20. The number of aryl methyl sites for hydroxylation is 1. The summed E-state index contributed by atoms with van der Waals surface area (Å²) in [6.07, 6.45) is 0. The molecule has 0 saturated carbocycles. The van der Waals surface area contributed by atoms with Gasteiger partial charge in [0.25, 0.3) is 0 Å². The summed E-state index contributed by atoms with van der Waals surface area (Å²) in [5, 5.41) is 12.1. The molecule has 5 nitrogen and oxygen atoms in total. The van der Waals surface area contributed by atoms with E-state index in [2.05, 4.69) is 21.4 Å². The standard InChI is InChI=1S/C12H14N4OS3/c1-3-18-8-5-4-6-9(10(8)11(13)15-17)19-12-14-7(2)16-20-12/h4-6,17H,3H2,1-2H3,(H2,13,15). The van der Waals surface area contributed by atoms with Crippen molar-refractivity contribution in [3.05, 3.63) is 29.6 Å². The predicted molar refractivity (Wildman–Crippen MR) is 84.1 cm³/mol. The fourth-order valence-corrected chi connectivity index (χ4v) is 4.28. The first kappa shape index (κ1) is 15.1. The molecule has 0 radical (unpaired) electrons. The molecule has 2 rings (SSSR count). The van der Waals surface area contributed by atoms with E-state index in [-0.39, 0.29) is 5.84 Å². The van der Waals surface area contributed by atoms with Gasteiger partial charge in [0.05, 0.1) is 0 Å². The molecular formula is C12H14N4OS3. The van der Waals surface area contributed by atoms with E-state index in [4.69, 9.17) is 10.9 Å². The highest BCUT2D eigenvalue weighted by Gasteiger charge is 2.15. The smallest absolute Gasteiger partial charge is 0.174 e. The van der Waals surface area contributed by atoms with Gasteiger partial charge in [0.1, 0.15) is 5.82 Å². The van der Waals surface area contributed by atoms with Gasteiger partial charge in [-0.15, -0.1) is 11.8 Å². The molecule has 106 valence electrons. The quantitative estimate of drug-likeness (QED) is 0.288. The molecule has 0 atom stereocenters. The van der Waals surface area contributed by atoms with Crippen molar-refractivity contribution in [2.24, 2.45) is 10.9 Å². The third-order valence-corrected chi connectivity index (χ3v) is 5.20. The number of oxime groups is 1. The molecule has 1 aromatic heterocycles. The number of aromatic nitrogens is 2. The summed E-state index contributed by atoms with van der Waals surface area (Å²) < 4.78 is 5.00. The molecule has 0 aliphatic carbocycles. The number of nitrogens with two attached hydrogens (primary N) is 1. The molecule has 0 fully saturated rings. The van der Waals surface area contributed by atoms with Crippen molar-refractivity contribution >= 4 is 40.9 Å². The molecule has 0 aliphatic heterocycles. The number of thioether (sulfide) groups is 1. The van der Waals surface area contributed by atoms with Crippen molar-refractivity contribution in [1.82, 2.24) is 9.36 Å². The van der Waals surface area contributed by atoms with E-state index in [0.717, 1.165) is 31.3 Å². The molecular weight excluding hydrogens is 312 g/mol. The molecule has 0 amide bonds. The maximum Gasteiger partial charge on any atom is 0.174 e. The zero-order valence-electron chi connectivity index (χ0n) is 11.0. The van der Waals surface area contributed by atoms with E-state index < -0.39 is 0 Å². The molecule has 0 spiro atoms. The molecule has 2 aromatic rings. The van der Waals surface area contributed by atoms with Gasteiger partial charge < -0.3 is 10.9 Å². The van der Waals surface area contributed by atoms with Crippen molar-refractivity contribution in [1.29, 1.82) is 0 Å². The monoisotopic (exact) mass is 326 g/mol. The van der Waals surface area contributed by atoms with E-state index in [9.17, 15) is 0 Å². The third kappa shape index (κ3) is 3.44. The van der Waals surface area contributed by atoms with Crippen molar-refractivity contribution in [2.75, 3.05) is 5.75 Å². The Balaban J connectivity index is 2.43. The summed E-state index contributed by atoms with van der Waals surface area (Å²) >= 11 is 4.48. The van der Waals surface area contributed by atoms with Crippen LogP contribution in [-0.4, -0.2) is 26.2 Å². The van der Waals surface area contributed by atoms with Crippen LogP contribution >= 0.6 is 35.1 Å². The van der Waals surface area contributed by atoms with Gasteiger partial charge in [-0.2, -0.15) is 4.37 Å². The minimum atomic E-state index is 0.116. The van der Waals surface area contributed by atoms with Gasteiger partial charge in [0, 0.05) is 15.4 Å². The van der Waals surface area contributed by atoms with Crippen molar-refractivity contribution in [3.8, 4) is 0 Å². The molecule has 0 aliphatic rings. The molecule has 1 aromatic carbocycles. The highest BCUT2D eigenvalue weighted by atomic mass is 32.2. The van der Waals surface area contributed by atoms with Crippen LogP contribution < -0.4 is 5.73 Å². The Kier molecular flexibility index (Phi) is 5.27. The van der Waals surface area contributed by atoms with Crippen molar-refractivity contribution < 1.29 is 5.21 Å². The van der Waals surface area contributed by atoms with Crippen LogP contribution in [0.4, 0.5) is 0 Å². The van der Waals surface area contributed by atoms with Crippen LogP contribution in [0, 0.1) is 6.92 Å². The number of rotatable bonds is 5. The number of amidine groups is 1. The summed E-state index contributed by atoms with van der Waals surface area (Å²) in [5.74, 6) is 1.78. The highest BCUT2D eigenvalue weighted by Crippen LogP contribution is 2.35. The number of hydrogen-bond acceptors (Lipinski definition) is 7. The van der Waals surface area contributed by atoms with Gasteiger partial charge in [-0.3, -0.25) is 0 Å². The molecule has 0 unspecified atom stereocenters. The van der Waals surface area contributed by atoms with Gasteiger partial charge >= 0.3 is 0 Å². The van der Waals surface area contributed by atoms with E-state index in [1.165, 1.54) is 23.3 Å². The van der Waals surface area contributed by atoms with Gasteiger partial charge in [0.15, 0.2) is 10.2 Å². The van der Waals surface area contributed by atoms with E-state index in [1.54, 1.807) is 11.8 Å². The highest BCUT2D eigenvalue weighted by molar-refractivity contribution is 8.01. The topological polar surface area (TPSA) is 84.4 Å². The second kappa shape index (κ2) is 6.96. The maximum absolute atomic E-state index is 8.99. The maximum atomic E-state index is 8.99. The Bertz CT molecular complexity index is 627. The lowest BCUT2D eigenvalue weighted by Crippen LogP contribution is -2.15. The third-order valence-electron chi connectivity index (χ3n) is 2.36. The first-order valence-corrected chi connectivity index (χ1v) is 8.45. The number of nitrogens with zero attached hydrogens (tertiary/aromatic N) is 3. The lowest BCUT2D eigenvalue weighted by molar-refractivity contribution is 0.318. The molecule has 8 heteroatoms. The molecule has 3 N–H and O–H groups in total. The number of hydrogen-bond donors (Lipinski definition) is 2. The van der Waals surface area contributed by atoms with Crippen LogP contribution in [0.15, 0.2) is 37.5 Å². The van der Waals surface area contributed by atoms with Crippen LogP contribution in [0.3, 0.4) is 0 Å². The Hall–Kier alpha value is -1.25. The fraction of sp³-hybridized carbons (Fsp3) is 0.250. The molecule has 1 heterocycles. The van der Waals surface area contributed by atoms with Crippen LogP contribution in [0.2, 0.25) is 0 Å². The Morgan fingerprint density at radius 3 is 2.80 bits per heavy atom. The van der Waals surface area contributed by atoms with Gasteiger partial charge in [-0.05, 0) is 36.3 Å². The summed E-state index contributed by atoms with van der Waals surface area (Å²) in [5.41, 5.74) is 6.58. The average molecular weight is 326 g/mol. The molecule has 0 saturated heterocycles. The Morgan fingerprint density at radius 1 is 1.45 bits per heavy atom. The van der Waals surface area contributed by atoms with Crippen molar-refractivity contribution in [2.45, 2.75) is 28.0 Å². The second-order valence-corrected chi connectivity index (χ2v) is 7.10. The van der Waals surface area contributed by atoms with Crippen LogP contribution in [-0.2, 0) is 0 Å². The first-order chi connectivity index (χ1) is 9.65. The lowest BCUT2D eigenvalue weighted by Gasteiger charge is -2.11. The summed E-state index contributed by atoms with van der Waals surface area (Å²) in [6.45, 7) is 3.92. The lowest BCUT2D eigenvalue weighted by atomic mass is 10.2. The summed E-state index contributed by atoms with van der Waals surface area (Å²) in [7, 11) is 0. The largest absolute Gasteiger partial charge is 0.409 e. The van der Waals surface area contributed by atoms with Crippen molar-refractivity contribution in [3.63, 3.8) is 0 Å². The van der Waals surface area contributed by atoms with Gasteiger partial charge in [-0.25, -0.2) is 4.98 Å². The normalized spacial score (nSPS) is 11.8. The Labute approximate surface area is 129 Å². The van der Waals surface area contributed by atoms with E-state index in [1.807, 2.05) is 25.1 Å². The van der Waals surface area contributed by atoms with Gasteiger partial charge in [-0.1, -0.05) is 29.9 Å². The van der Waals surface area contributed by atoms with Crippen LogP contribution in [0.1, 0.15) is 18.3 Å².